The second kappa shape index (κ2) is 8.51. The molecule has 5 amide bonds. The first-order chi connectivity index (χ1) is 13.1. The topological polar surface area (TPSA) is 134 Å². The maximum atomic E-state index is 12.2. The van der Waals surface area contributed by atoms with E-state index in [0.717, 1.165) is 4.90 Å². The van der Waals surface area contributed by atoms with Gasteiger partial charge in [-0.25, -0.2) is 4.79 Å². The van der Waals surface area contributed by atoms with E-state index in [1.165, 1.54) is 6.92 Å². The predicted octanol–water partition coefficient (Wildman–Crippen LogP) is 0.847. The minimum atomic E-state index is -1.05. The number of carbonyl (C=O) groups is 5. The van der Waals surface area contributed by atoms with Crippen LogP contribution in [0.25, 0.3) is 0 Å². The Morgan fingerprint density at radius 3 is 2.39 bits per heavy atom. The van der Waals surface area contributed by atoms with Gasteiger partial charge in [0.2, 0.25) is 5.91 Å². The van der Waals surface area contributed by atoms with Crippen LogP contribution in [0.1, 0.15) is 27.2 Å². The van der Waals surface area contributed by atoms with E-state index >= 15 is 0 Å². The van der Waals surface area contributed by atoms with Gasteiger partial charge in [-0.3, -0.25) is 24.1 Å². The zero-order valence-corrected chi connectivity index (χ0v) is 15.8. The lowest BCUT2D eigenvalue weighted by molar-refractivity contribution is -0.150. The minimum absolute atomic E-state index is 0.253. The van der Waals surface area contributed by atoms with Crippen molar-refractivity contribution in [1.82, 2.24) is 10.2 Å². The molecule has 10 nitrogen and oxygen atoms in total. The van der Waals surface area contributed by atoms with Crippen LogP contribution in [0.4, 0.5) is 16.2 Å². The van der Waals surface area contributed by atoms with Gasteiger partial charge in [0.15, 0.2) is 6.61 Å². The second-order valence-electron chi connectivity index (χ2n) is 6.48. The van der Waals surface area contributed by atoms with Gasteiger partial charge in [0.05, 0.1) is 0 Å². The molecule has 150 valence electrons. The van der Waals surface area contributed by atoms with Gasteiger partial charge in [0.25, 0.3) is 11.8 Å². The van der Waals surface area contributed by atoms with Crippen LogP contribution in [0.5, 0.6) is 0 Å². The number of hydrogen-bond donors (Lipinski definition) is 3. The van der Waals surface area contributed by atoms with Gasteiger partial charge in [-0.2, -0.15) is 0 Å². The molecule has 0 radical (unpaired) electrons. The minimum Gasteiger partial charge on any atom is -0.454 e. The summed E-state index contributed by atoms with van der Waals surface area (Å²) in [6.45, 7) is 3.51. The van der Waals surface area contributed by atoms with Crippen LogP contribution in [0.15, 0.2) is 24.3 Å². The molecule has 1 atom stereocenters. The molecule has 1 aliphatic heterocycles. The number of nitrogens with one attached hydrogen (secondary N) is 3. The number of benzene rings is 1. The zero-order chi connectivity index (χ0) is 20.9. The third-order valence-corrected chi connectivity index (χ3v) is 4.17. The molecular weight excluding hydrogens is 368 g/mol. The normalized spacial score (nSPS) is 18.5. The largest absolute Gasteiger partial charge is 0.454 e. The SMILES string of the molecule is CC[C@]1(C)NC(=O)N(CC(=O)OCC(=O)Nc2cccc(NC(C)=O)c2)C1=O. The van der Waals surface area contributed by atoms with Crippen LogP contribution in [0.3, 0.4) is 0 Å². The van der Waals surface area contributed by atoms with Gasteiger partial charge in [-0.05, 0) is 31.5 Å². The van der Waals surface area contributed by atoms with Gasteiger partial charge < -0.3 is 20.7 Å². The average molecular weight is 390 g/mol. The Balaban J connectivity index is 1.84. The highest BCUT2D eigenvalue weighted by atomic mass is 16.5. The van der Waals surface area contributed by atoms with Crippen LogP contribution in [-0.4, -0.2) is 53.3 Å². The summed E-state index contributed by atoms with van der Waals surface area (Å²) in [4.78, 5) is 59.7. The van der Waals surface area contributed by atoms with E-state index in [4.69, 9.17) is 4.74 Å². The van der Waals surface area contributed by atoms with E-state index in [9.17, 15) is 24.0 Å². The van der Waals surface area contributed by atoms with Crippen molar-refractivity contribution >= 4 is 41.1 Å². The fourth-order valence-corrected chi connectivity index (χ4v) is 2.53. The highest BCUT2D eigenvalue weighted by Crippen LogP contribution is 2.20. The second-order valence-corrected chi connectivity index (χ2v) is 6.48. The Morgan fingerprint density at radius 1 is 1.18 bits per heavy atom. The number of hydrogen-bond acceptors (Lipinski definition) is 6. The summed E-state index contributed by atoms with van der Waals surface area (Å²) < 4.78 is 4.84. The van der Waals surface area contributed by atoms with Crippen LogP contribution in [0, 0.1) is 0 Å². The van der Waals surface area contributed by atoms with Crippen LogP contribution >= 0.6 is 0 Å². The average Bonchev–Trinajstić information content (AvgIpc) is 2.83. The van der Waals surface area contributed by atoms with Gasteiger partial charge in [-0.1, -0.05) is 13.0 Å². The summed E-state index contributed by atoms with van der Waals surface area (Å²) in [6.07, 6.45) is 0.378. The molecule has 0 bridgehead atoms. The summed E-state index contributed by atoms with van der Waals surface area (Å²) in [5.41, 5.74) is -0.145. The summed E-state index contributed by atoms with van der Waals surface area (Å²) in [6, 6.07) is 5.75. The van der Waals surface area contributed by atoms with Crippen molar-refractivity contribution in [2.24, 2.45) is 0 Å². The highest BCUT2D eigenvalue weighted by molar-refractivity contribution is 6.08. The van der Waals surface area contributed by atoms with E-state index in [1.54, 1.807) is 38.1 Å². The Labute approximate surface area is 161 Å². The van der Waals surface area contributed by atoms with Gasteiger partial charge >= 0.3 is 12.0 Å². The highest BCUT2D eigenvalue weighted by Gasteiger charge is 2.47. The molecule has 1 aromatic carbocycles. The maximum absolute atomic E-state index is 12.2. The number of rotatable bonds is 7. The molecule has 1 aliphatic rings. The van der Waals surface area contributed by atoms with Crippen LogP contribution in [0.2, 0.25) is 0 Å². The molecule has 1 aromatic rings. The Kier molecular flexibility index (Phi) is 6.34. The third-order valence-electron chi connectivity index (χ3n) is 4.17. The van der Waals surface area contributed by atoms with E-state index in [0.29, 0.717) is 17.8 Å². The Morgan fingerprint density at radius 2 is 1.82 bits per heavy atom. The van der Waals surface area contributed by atoms with Gasteiger partial charge in [0, 0.05) is 18.3 Å². The first-order valence-electron chi connectivity index (χ1n) is 8.62. The lowest BCUT2D eigenvalue weighted by Crippen LogP contribution is -2.43. The van der Waals surface area contributed by atoms with Gasteiger partial charge in [0.1, 0.15) is 12.1 Å². The Bertz CT molecular complexity index is 824. The number of urea groups is 1. The molecule has 0 aromatic heterocycles. The molecule has 28 heavy (non-hydrogen) atoms. The first-order valence-corrected chi connectivity index (χ1v) is 8.62. The Hall–Kier alpha value is -3.43. The maximum Gasteiger partial charge on any atom is 0.326 e. The van der Waals surface area contributed by atoms with Crippen molar-refractivity contribution in [1.29, 1.82) is 0 Å². The molecule has 0 spiro atoms. The molecule has 1 heterocycles. The van der Waals surface area contributed by atoms with E-state index in [2.05, 4.69) is 16.0 Å². The summed E-state index contributed by atoms with van der Waals surface area (Å²) in [5, 5.41) is 7.62. The number of ether oxygens (including phenoxy) is 1. The van der Waals surface area contributed by atoms with Crippen LogP contribution < -0.4 is 16.0 Å². The molecule has 10 heteroatoms. The summed E-state index contributed by atoms with van der Waals surface area (Å²) >= 11 is 0. The van der Waals surface area contributed by atoms with Crippen LogP contribution in [-0.2, 0) is 23.9 Å². The molecule has 3 N–H and O–H groups in total. The van der Waals surface area contributed by atoms with E-state index in [-0.39, 0.29) is 5.91 Å². The third kappa shape index (κ3) is 5.06. The number of carbonyl (C=O) groups excluding carboxylic acids is 5. The van der Waals surface area contributed by atoms with Crippen molar-refractivity contribution < 1.29 is 28.7 Å². The number of esters is 1. The summed E-state index contributed by atoms with van der Waals surface area (Å²) in [5.74, 6) is -2.26. The van der Waals surface area contributed by atoms with Gasteiger partial charge in [-0.15, -0.1) is 0 Å². The van der Waals surface area contributed by atoms with Crippen molar-refractivity contribution in [3.05, 3.63) is 24.3 Å². The quantitative estimate of drug-likeness (QED) is 0.467. The molecule has 0 unspecified atom stereocenters. The summed E-state index contributed by atoms with van der Waals surface area (Å²) in [7, 11) is 0. The van der Waals surface area contributed by atoms with Crippen molar-refractivity contribution in [3.8, 4) is 0 Å². The fraction of sp³-hybridized carbons (Fsp3) is 0.389. The van der Waals surface area contributed by atoms with E-state index < -0.39 is 42.5 Å². The first kappa shape index (κ1) is 20.9. The predicted molar refractivity (Wildman–Crippen MR) is 99.3 cm³/mol. The number of imide groups is 1. The monoisotopic (exact) mass is 390 g/mol. The molecular formula is C18H22N4O6. The molecule has 0 saturated carbocycles. The van der Waals surface area contributed by atoms with E-state index in [1.807, 2.05) is 0 Å². The number of amides is 5. The lowest BCUT2D eigenvalue weighted by atomic mass is 9.99. The molecule has 1 saturated heterocycles. The molecule has 0 aliphatic carbocycles. The van der Waals surface area contributed by atoms with Crippen molar-refractivity contribution in [2.75, 3.05) is 23.8 Å². The fourth-order valence-electron chi connectivity index (χ4n) is 2.53. The number of anilines is 2. The molecule has 1 fully saturated rings. The molecule has 2 rings (SSSR count). The zero-order valence-electron chi connectivity index (χ0n) is 15.8. The van der Waals surface area contributed by atoms with Crippen molar-refractivity contribution in [3.63, 3.8) is 0 Å². The standard InChI is InChI=1S/C18H22N4O6/c1-4-18(3)16(26)22(17(27)21-18)9-15(25)28-10-14(24)20-13-7-5-6-12(8-13)19-11(2)23/h5-8H,4,9-10H2,1-3H3,(H,19,23)(H,20,24)(H,21,27)/t18-/m0/s1. The van der Waals surface area contributed by atoms with Crippen molar-refractivity contribution in [2.45, 2.75) is 32.7 Å². The smallest absolute Gasteiger partial charge is 0.326 e. The number of nitrogens with zero attached hydrogens (tertiary/aromatic N) is 1. The lowest BCUT2D eigenvalue weighted by Gasteiger charge is -2.18.